The standard InChI is InChI=1S/C16H26FN3O/c1-4-8-21-16-10-15(14(18)9-13(16)17)20(3)11-12-6-5-7-19(12)2/h9-10,12H,4-8,11,18H2,1-3H3. The van der Waals surface area contributed by atoms with Crippen molar-refractivity contribution < 1.29 is 9.13 Å². The highest BCUT2D eigenvalue weighted by Crippen LogP contribution is 2.31. The third-order valence-corrected chi connectivity index (χ3v) is 4.11. The zero-order valence-corrected chi connectivity index (χ0v) is 13.2. The Labute approximate surface area is 126 Å². The Kier molecular flexibility index (Phi) is 5.28. The monoisotopic (exact) mass is 295 g/mol. The normalized spacial score (nSPS) is 19.0. The summed E-state index contributed by atoms with van der Waals surface area (Å²) in [6.07, 6.45) is 3.28. The number of anilines is 2. The van der Waals surface area contributed by atoms with Crippen molar-refractivity contribution in [1.29, 1.82) is 0 Å². The molecule has 0 spiro atoms. The largest absolute Gasteiger partial charge is 0.490 e. The number of likely N-dealkylation sites (tertiary alicyclic amines) is 1. The number of nitrogens with two attached hydrogens (primary N) is 1. The summed E-state index contributed by atoms with van der Waals surface area (Å²) in [4.78, 5) is 4.46. The minimum absolute atomic E-state index is 0.285. The predicted octanol–water partition coefficient (Wildman–Crippen LogP) is 2.73. The lowest BCUT2D eigenvalue weighted by Gasteiger charge is -2.28. The van der Waals surface area contributed by atoms with Crippen LogP contribution in [0.25, 0.3) is 0 Å². The van der Waals surface area contributed by atoms with Crippen molar-refractivity contribution in [3.8, 4) is 5.75 Å². The molecule has 0 radical (unpaired) electrons. The van der Waals surface area contributed by atoms with Crippen LogP contribution in [0.5, 0.6) is 5.75 Å². The molecule has 0 bridgehead atoms. The van der Waals surface area contributed by atoms with Crippen LogP contribution in [0.4, 0.5) is 15.8 Å². The van der Waals surface area contributed by atoms with Crippen LogP contribution in [0.1, 0.15) is 26.2 Å². The van der Waals surface area contributed by atoms with E-state index < -0.39 is 5.82 Å². The van der Waals surface area contributed by atoms with Gasteiger partial charge in [-0.1, -0.05) is 6.92 Å². The van der Waals surface area contributed by atoms with Crippen molar-refractivity contribution in [3.63, 3.8) is 0 Å². The molecule has 1 fully saturated rings. The van der Waals surface area contributed by atoms with E-state index in [0.717, 1.165) is 25.2 Å². The van der Waals surface area contributed by atoms with Crippen LogP contribution in [0, 0.1) is 5.82 Å². The quantitative estimate of drug-likeness (QED) is 0.819. The van der Waals surface area contributed by atoms with Crippen LogP contribution < -0.4 is 15.4 Å². The van der Waals surface area contributed by atoms with Gasteiger partial charge in [-0.2, -0.15) is 0 Å². The van der Waals surface area contributed by atoms with Crippen molar-refractivity contribution in [2.24, 2.45) is 0 Å². The summed E-state index contributed by atoms with van der Waals surface area (Å²) >= 11 is 0. The lowest BCUT2D eigenvalue weighted by Crippen LogP contribution is -2.36. The van der Waals surface area contributed by atoms with Crippen molar-refractivity contribution in [3.05, 3.63) is 17.9 Å². The van der Waals surface area contributed by atoms with Crippen molar-refractivity contribution >= 4 is 11.4 Å². The van der Waals surface area contributed by atoms with E-state index in [1.54, 1.807) is 6.07 Å². The molecule has 2 rings (SSSR count). The first-order valence-corrected chi connectivity index (χ1v) is 7.66. The van der Waals surface area contributed by atoms with Gasteiger partial charge in [0, 0.05) is 31.8 Å². The number of halogens is 1. The molecule has 5 heteroatoms. The minimum atomic E-state index is -0.393. The number of nitrogens with zero attached hydrogens (tertiary/aromatic N) is 2. The number of benzene rings is 1. The van der Waals surface area contributed by atoms with Crippen molar-refractivity contribution in [2.75, 3.05) is 44.4 Å². The molecule has 1 aliphatic heterocycles. The zero-order chi connectivity index (χ0) is 15.4. The lowest BCUT2D eigenvalue weighted by molar-refractivity contribution is 0.301. The molecule has 0 saturated carbocycles. The van der Waals surface area contributed by atoms with E-state index in [2.05, 4.69) is 16.8 Å². The summed E-state index contributed by atoms with van der Waals surface area (Å²) in [5, 5.41) is 0. The molecule has 4 nitrogen and oxygen atoms in total. The van der Waals surface area contributed by atoms with E-state index in [1.165, 1.54) is 18.9 Å². The molecule has 21 heavy (non-hydrogen) atoms. The summed E-state index contributed by atoms with van der Waals surface area (Å²) in [5.41, 5.74) is 7.27. The number of hydrogen-bond acceptors (Lipinski definition) is 4. The summed E-state index contributed by atoms with van der Waals surface area (Å²) in [6, 6.07) is 3.60. The Morgan fingerprint density at radius 3 is 2.86 bits per heavy atom. The number of hydrogen-bond donors (Lipinski definition) is 1. The van der Waals surface area contributed by atoms with Gasteiger partial charge in [0.15, 0.2) is 11.6 Å². The average Bonchev–Trinajstić information content (AvgIpc) is 2.83. The molecule has 1 heterocycles. The van der Waals surface area contributed by atoms with Crippen LogP contribution in [-0.2, 0) is 0 Å². The second kappa shape index (κ2) is 6.98. The minimum Gasteiger partial charge on any atom is -0.490 e. The van der Waals surface area contributed by atoms with Gasteiger partial charge in [0.25, 0.3) is 0 Å². The van der Waals surface area contributed by atoms with Crippen LogP contribution in [0.3, 0.4) is 0 Å². The Morgan fingerprint density at radius 2 is 2.24 bits per heavy atom. The smallest absolute Gasteiger partial charge is 0.167 e. The van der Waals surface area contributed by atoms with Gasteiger partial charge in [-0.3, -0.25) is 0 Å². The van der Waals surface area contributed by atoms with Crippen molar-refractivity contribution in [1.82, 2.24) is 4.90 Å². The maximum atomic E-state index is 13.9. The Bertz CT molecular complexity index is 481. The van der Waals surface area contributed by atoms with Gasteiger partial charge in [0.2, 0.25) is 0 Å². The number of rotatable bonds is 6. The first-order valence-electron chi connectivity index (χ1n) is 7.66. The molecule has 1 saturated heterocycles. The summed E-state index contributed by atoms with van der Waals surface area (Å²) in [5.74, 6) is -0.108. The highest BCUT2D eigenvalue weighted by Gasteiger charge is 2.23. The molecule has 1 atom stereocenters. The highest BCUT2D eigenvalue weighted by atomic mass is 19.1. The fourth-order valence-electron chi connectivity index (χ4n) is 2.84. The summed E-state index contributed by atoms with van der Waals surface area (Å²) in [7, 11) is 4.15. The Morgan fingerprint density at radius 1 is 1.48 bits per heavy atom. The average molecular weight is 295 g/mol. The fourth-order valence-corrected chi connectivity index (χ4v) is 2.84. The van der Waals surface area contributed by atoms with E-state index in [-0.39, 0.29) is 5.75 Å². The zero-order valence-electron chi connectivity index (χ0n) is 13.2. The third kappa shape index (κ3) is 3.79. The van der Waals surface area contributed by atoms with E-state index in [1.807, 2.05) is 14.0 Å². The van der Waals surface area contributed by atoms with Crippen LogP contribution >= 0.6 is 0 Å². The van der Waals surface area contributed by atoms with Gasteiger partial charge in [0.1, 0.15) is 0 Å². The van der Waals surface area contributed by atoms with Gasteiger partial charge in [-0.15, -0.1) is 0 Å². The number of nitrogen functional groups attached to an aromatic ring is 1. The maximum Gasteiger partial charge on any atom is 0.167 e. The molecule has 1 unspecified atom stereocenters. The first kappa shape index (κ1) is 15.9. The molecule has 0 aromatic heterocycles. The number of ether oxygens (including phenoxy) is 1. The van der Waals surface area contributed by atoms with Crippen LogP contribution in [0.15, 0.2) is 12.1 Å². The molecule has 0 aliphatic carbocycles. The molecular weight excluding hydrogens is 269 g/mol. The highest BCUT2D eigenvalue weighted by molar-refractivity contribution is 5.69. The van der Waals surface area contributed by atoms with Gasteiger partial charge < -0.3 is 20.3 Å². The number of likely N-dealkylation sites (N-methyl/N-ethyl adjacent to an activating group) is 2. The lowest BCUT2D eigenvalue weighted by atomic mass is 10.1. The summed E-state index contributed by atoms with van der Waals surface area (Å²) < 4.78 is 19.3. The molecule has 118 valence electrons. The van der Waals surface area contributed by atoms with E-state index in [9.17, 15) is 4.39 Å². The molecule has 0 amide bonds. The predicted molar refractivity (Wildman–Crippen MR) is 85.5 cm³/mol. The SMILES string of the molecule is CCCOc1cc(N(C)CC2CCCN2C)c(N)cc1F. The van der Waals surface area contributed by atoms with Gasteiger partial charge >= 0.3 is 0 Å². The topological polar surface area (TPSA) is 41.7 Å². The second-order valence-electron chi connectivity index (χ2n) is 5.85. The van der Waals surface area contributed by atoms with E-state index in [0.29, 0.717) is 18.3 Å². The van der Waals surface area contributed by atoms with E-state index >= 15 is 0 Å². The van der Waals surface area contributed by atoms with Crippen LogP contribution in [-0.4, -0.2) is 44.7 Å². The Hall–Kier alpha value is -1.49. The summed E-state index contributed by atoms with van der Waals surface area (Å²) in [6.45, 7) is 4.54. The fraction of sp³-hybridized carbons (Fsp3) is 0.625. The molecule has 1 aromatic carbocycles. The second-order valence-corrected chi connectivity index (χ2v) is 5.85. The third-order valence-electron chi connectivity index (χ3n) is 4.11. The van der Waals surface area contributed by atoms with Gasteiger partial charge in [-0.05, 0) is 32.9 Å². The first-order chi connectivity index (χ1) is 10.0. The van der Waals surface area contributed by atoms with Gasteiger partial charge in [-0.25, -0.2) is 4.39 Å². The van der Waals surface area contributed by atoms with E-state index in [4.69, 9.17) is 10.5 Å². The molecule has 1 aromatic rings. The van der Waals surface area contributed by atoms with Crippen LogP contribution in [0.2, 0.25) is 0 Å². The van der Waals surface area contributed by atoms with Gasteiger partial charge in [0.05, 0.1) is 18.0 Å². The maximum absolute atomic E-state index is 13.9. The molecule has 2 N–H and O–H groups in total. The Balaban J connectivity index is 2.13. The van der Waals surface area contributed by atoms with Crippen molar-refractivity contribution in [2.45, 2.75) is 32.2 Å². The molecular formula is C16H26FN3O. The molecule has 1 aliphatic rings.